The fourth-order valence-electron chi connectivity index (χ4n) is 3.41. The van der Waals surface area contributed by atoms with E-state index in [4.69, 9.17) is 0 Å². The first-order valence-corrected chi connectivity index (χ1v) is 10.1. The third kappa shape index (κ3) is 5.39. The van der Waals surface area contributed by atoms with Crippen LogP contribution in [0.2, 0.25) is 0 Å². The summed E-state index contributed by atoms with van der Waals surface area (Å²) < 4.78 is 1.66. The Hall–Kier alpha value is -3.42. The maximum absolute atomic E-state index is 12.4. The minimum atomic E-state index is -1.03. The highest BCUT2D eigenvalue weighted by Crippen LogP contribution is 2.34. The monoisotopic (exact) mass is 425 g/mol. The number of carbonyl (C=O) groups is 2. The van der Waals surface area contributed by atoms with Crippen molar-refractivity contribution in [1.82, 2.24) is 19.7 Å². The van der Waals surface area contributed by atoms with Gasteiger partial charge in [0.05, 0.1) is 35.2 Å². The Morgan fingerprint density at radius 1 is 1.35 bits per heavy atom. The van der Waals surface area contributed by atoms with Crippen LogP contribution in [-0.2, 0) is 11.8 Å². The summed E-state index contributed by atoms with van der Waals surface area (Å²) in [7, 11) is 1.78. The molecule has 166 valence electrons. The average Bonchev–Trinajstić information content (AvgIpc) is 3.05. The summed E-state index contributed by atoms with van der Waals surface area (Å²) in [6, 6.07) is 3.13. The predicted molar refractivity (Wildman–Crippen MR) is 122 cm³/mol. The number of carbonyl (C=O) groups excluding carboxylic acids is 1. The lowest BCUT2D eigenvalue weighted by atomic mass is 9.98. The molecule has 0 bridgehead atoms. The zero-order chi connectivity index (χ0) is 23.3. The van der Waals surface area contributed by atoms with Crippen molar-refractivity contribution >= 4 is 17.7 Å². The smallest absolute Gasteiger partial charge is 0.408 e. The van der Waals surface area contributed by atoms with Crippen molar-refractivity contribution in [1.29, 1.82) is 0 Å². The lowest BCUT2D eigenvalue weighted by Gasteiger charge is -2.39. The summed E-state index contributed by atoms with van der Waals surface area (Å²) >= 11 is 0. The Morgan fingerprint density at radius 3 is 2.58 bits per heavy atom. The molecule has 0 spiro atoms. The van der Waals surface area contributed by atoms with Gasteiger partial charge >= 0.3 is 6.09 Å². The number of aryl methyl sites for hydroxylation is 1. The van der Waals surface area contributed by atoms with Crippen LogP contribution in [0.3, 0.4) is 0 Å². The largest absolute Gasteiger partial charge is 0.465 e. The molecule has 1 unspecified atom stereocenters. The zero-order valence-electron chi connectivity index (χ0n) is 18.8. The van der Waals surface area contributed by atoms with Gasteiger partial charge in [0.15, 0.2) is 0 Å². The highest BCUT2D eigenvalue weighted by molar-refractivity contribution is 5.96. The van der Waals surface area contributed by atoms with Crippen molar-refractivity contribution in [3.8, 4) is 11.3 Å². The second-order valence-electron chi connectivity index (χ2n) is 8.38. The second-order valence-corrected chi connectivity index (χ2v) is 8.38. The number of anilines is 1. The molecule has 2 aromatic rings. The number of hydrogen-bond donors (Lipinski definition) is 2. The van der Waals surface area contributed by atoms with Gasteiger partial charge in [-0.2, -0.15) is 5.10 Å². The van der Waals surface area contributed by atoms with Crippen molar-refractivity contribution in [2.45, 2.75) is 45.7 Å². The molecule has 0 saturated heterocycles. The molecule has 0 aliphatic carbocycles. The van der Waals surface area contributed by atoms with Crippen LogP contribution in [0.5, 0.6) is 0 Å². The highest BCUT2D eigenvalue weighted by atomic mass is 16.4. The molecule has 2 heterocycles. The summed E-state index contributed by atoms with van der Waals surface area (Å²) in [5.74, 6) is -0.540. The second kappa shape index (κ2) is 9.59. The molecule has 0 fully saturated rings. The first-order chi connectivity index (χ1) is 14.5. The van der Waals surface area contributed by atoms with Gasteiger partial charge in [0.2, 0.25) is 5.91 Å². The number of nitrogens with zero attached hydrogens (tertiary/aromatic N) is 4. The van der Waals surface area contributed by atoms with Crippen LogP contribution < -0.4 is 5.32 Å². The third-order valence-electron chi connectivity index (χ3n) is 4.99. The fourth-order valence-corrected chi connectivity index (χ4v) is 3.41. The van der Waals surface area contributed by atoms with Gasteiger partial charge in [-0.3, -0.25) is 19.4 Å². The van der Waals surface area contributed by atoms with Gasteiger partial charge < -0.3 is 10.4 Å². The number of amides is 2. The Kier molecular flexibility index (Phi) is 7.38. The molecular weight excluding hydrogens is 394 g/mol. The fraction of sp³-hybridized carbons (Fsp3) is 0.391. The van der Waals surface area contributed by atoms with E-state index in [0.717, 1.165) is 5.56 Å². The molecule has 2 N–H and O–H groups in total. The summed E-state index contributed by atoms with van der Waals surface area (Å²) in [6.45, 7) is 14.7. The van der Waals surface area contributed by atoms with E-state index < -0.39 is 17.7 Å². The van der Waals surface area contributed by atoms with Crippen LogP contribution in [0.15, 0.2) is 49.8 Å². The number of pyridine rings is 1. The minimum Gasteiger partial charge on any atom is -0.465 e. The first-order valence-electron chi connectivity index (χ1n) is 10.1. The van der Waals surface area contributed by atoms with Crippen LogP contribution in [0.4, 0.5) is 10.5 Å². The molecule has 2 amide bonds. The highest BCUT2D eigenvalue weighted by Gasteiger charge is 2.34. The van der Waals surface area contributed by atoms with Crippen molar-refractivity contribution in [3.63, 3.8) is 0 Å². The van der Waals surface area contributed by atoms with E-state index >= 15 is 0 Å². The number of aromatic nitrogens is 3. The Bertz CT molecular complexity index is 974. The Labute approximate surface area is 183 Å². The van der Waals surface area contributed by atoms with Crippen LogP contribution in [0, 0.1) is 5.92 Å². The molecule has 2 rings (SSSR count). The molecule has 0 saturated carbocycles. The number of hydrogen-bond acceptors (Lipinski definition) is 4. The maximum Gasteiger partial charge on any atom is 0.408 e. The molecule has 0 aliphatic rings. The van der Waals surface area contributed by atoms with Crippen molar-refractivity contribution < 1.29 is 14.7 Å². The maximum atomic E-state index is 12.4. The van der Waals surface area contributed by atoms with E-state index in [9.17, 15) is 14.7 Å². The van der Waals surface area contributed by atoms with Gasteiger partial charge in [-0.15, -0.1) is 13.2 Å². The van der Waals surface area contributed by atoms with E-state index in [1.807, 2.05) is 26.8 Å². The van der Waals surface area contributed by atoms with Crippen LogP contribution in [-0.4, -0.2) is 42.3 Å². The van der Waals surface area contributed by atoms with E-state index in [0.29, 0.717) is 23.5 Å². The quantitative estimate of drug-likeness (QED) is 0.600. The van der Waals surface area contributed by atoms with Crippen LogP contribution >= 0.6 is 0 Å². The van der Waals surface area contributed by atoms with E-state index in [1.54, 1.807) is 49.3 Å². The van der Waals surface area contributed by atoms with Gasteiger partial charge in [0, 0.05) is 24.3 Å². The molecule has 8 nitrogen and oxygen atoms in total. The standard InChI is InChI=1S/C23H31N5O3/c1-8-10-19(28(22(30)31)23(4,5)6)17-13-16(11-12-24-17)20-18(14-25-27(20)7)26-21(29)15(3)9-2/h8-9,11-15,19H,1-2,10H2,3-7H3,(H,26,29)(H,30,31)/t15?,19-/m0/s1. The van der Waals surface area contributed by atoms with Crippen LogP contribution in [0.25, 0.3) is 11.3 Å². The topological polar surface area (TPSA) is 100 Å². The van der Waals surface area contributed by atoms with Crippen molar-refractivity contribution in [3.05, 3.63) is 55.5 Å². The van der Waals surface area contributed by atoms with Gasteiger partial charge in [0.1, 0.15) is 0 Å². The van der Waals surface area contributed by atoms with Gasteiger partial charge in [-0.1, -0.05) is 19.1 Å². The minimum absolute atomic E-state index is 0.187. The third-order valence-corrected chi connectivity index (χ3v) is 4.99. The average molecular weight is 426 g/mol. The van der Waals surface area contributed by atoms with Crippen LogP contribution in [0.1, 0.15) is 45.9 Å². The molecule has 2 atom stereocenters. The molecule has 8 heteroatoms. The first kappa shape index (κ1) is 23.9. The van der Waals surface area contributed by atoms with E-state index in [1.165, 1.54) is 4.90 Å². The van der Waals surface area contributed by atoms with E-state index in [-0.39, 0.29) is 11.8 Å². The lowest BCUT2D eigenvalue weighted by Crippen LogP contribution is -2.47. The van der Waals surface area contributed by atoms with E-state index in [2.05, 4.69) is 28.6 Å². The molecule has 0 radical (unpaired) electrons. The summed E-state index contributed by atoms with van der Waals surface area (Å²) in [5.41, 5.74) is 1.98. The normalized spacial score (nSPS) is 13.2. The van der Waals surface area contributed by atoms with Crippen molar-refractivity contribution in [2.75, 3.05) is 5.32 Å². The molecule has 2 aromatic heterocycles. The molecule has 0 aromatic carbocycles. The van der Waals surface area contributed by atoms with Gasteiger partial charge in [-0.05, 0) is 39.3 Å². The predicted octanol–water partition coefficient (Wildman–Crippen LogP) is 4.64. The Morgan fingerprint density at radius 2 is 2.03 bits per heavy atom. The number of nitrogens with one attached hydrogen (secondary N) is 1. The zero-order valence-corrected chi connectivity index (χ0v) is 18.8. The summed E-state index contributed by atoms with van der Waals surface area (Å²) in [5, 5.41) is 17.0. The SMILES string of the molecule is C=CC[C@@H](c1cc(-c2c(NC(=O)C(C)C=C)cnn2C)ccn1)N(C(=O)O)C(C)(C)C. The number of rotatable bonds is 8. The Balaban J connectivity index is 2.53. The van der Waals surface area contributed by atoms with Crippen molar-refractivity contribution in [2.24, 2.45) is 13.0 Å². The lowest BCUT2D eigenvalue weighted by molar-refractivity contribution is -0.118. The molecule has 0 aliphatic heterocycles. The van der Waals surface area contributed by atoms with Gasteiger partial charge in [0.25, 0.3) is 0 Å². The number of carboxylic acid groups (broad SMARTS) is 1. The molecule has 31 heavy (non-hydrogen) atoms. The summed E-state index contributed by atoms with van der Waals surface area (Å²) in [4.78, 5) is 30.3. The molecular formula is C23H31N5O3. The summed E-state index contributed by atoms with van der Waals surface area (Å²) in [6.07, 6.45) is 5.86. The van der Waals surface area contributed by atoms with Gasteiger partial charge in [-0.25, -0.2) is 4.79 Å².